The third-order valence-corrected chi connectivity index (χ3v) is 14.0. The first kappa shape index (κ1) is 46.2. The van der Waals surface area contributed by atoms with Crippen molar-refractivity contribution in [2.45, 2.75) is 114 Å². The number of likely N-dealkylation sites (tertiary alicyclic amines) is 1. The summed E-state index contributed by atoms with van der Waals surface area (Å²) in [5.74, 6) is -1.71. The first-order chi connectivity index (χ1) is 30.6. The number of thiazole rings is 1. The van der Waals surface area contributed by atoms with Crippen LogP contribution in [0, 0.1) is 11.8 Å². The van der Waals surface area contributed by atoms with Gasteiger partial charge in [0.15, 0.2) is 5.13 Å². The molecule has 0 spiro atoms. The number of carbonyl (C=O) groups is 4. The van der Waals surface area contributed by atoms with Crippen molar-refractivity contribution >= 4 is 66.7 Å². The van der Waals surface area contributed by atoms with Crippen LogP contribution < -0.4 is 35.5 Å². The molecule has 4 aromatic rings. The Kier molecular flexibility index (Phi) is 14.1. The van der Waals surface area contributed by atoms with Gasteiger partial charge in [0.2, 0.25) is 17.7 Å². The van der Waals surface area contributed by atoms with Crippen LogP contribution >= 0.6 is 11.3 Å². The maximum absolute atomic E-state index is 14.8. The van der Waals surface area contributed by atoms with Crippen molar-refractivity contribution in [2.24, 2.45) is 11.8 Å². The lowest BCUT2D eigenvalue weighted by molar-refractivity contribution is -0.140. The summed E-state index contributed by atoms with van der Waals surface area (Å²) < 4.78 is 42.3. The van der Waals surface area contributed by atoms with Gasteiger partial charge >= 0.3 is 0 Å². The van der Waals surface area contributed by atoms with Crippen molar-refractivity contribution in [3.63, 3.8) is 0 Å². The molecular formula is C46H58N8O8S2. The molecule has 0 radical (unpaired) electrons. The number of para-hydroxylation sites is 1. The molecule has 4 amide bonds. The lowest BCUT2D eigenvalue weighted by atomic mass is 10.00. The van der Waals surface area contributed by atoms with Gasteiger partial charge in [-0.3, -0.25) is 19.2 Å². The number of carbonyl (C=O) groups excluding carboxylic acids is 4. The molecule has 18 heteroatoms. The molecular weight excluding hydrogens is 857 g/mol. The van der Waals surface area contributed by atoms with E-state index in [4.69, 9.17) is 19.4 Å². The number of amides is 4. The van der Waals surface area contributed by atoms with Gasteiger partial charge in [0.25, 0.3) is 15.9 Å². The predicted octanol–water partition coefficient (Wildman–Crippen LogP) is 6.01. The van der Waals surface area contributed by atoms with Crippen LogP contribution in [-0.2, 0) is 29.2 Å². The summed E-state index contributed by atoms with van der Waals surface area (Å²) in [6, 6.07) is 12.2. The van der Waals surface area contributed by atoms with Crippen LogP contribution in [0.25, 0.3) is 22.3 Å². The third-order valence-electron chi connectivity index (χ3n) is 11.8. The fraction of sp³-hybridized carbons (Fsp3) is 0.478. The standard InChI is InChI=1S/C46H58N8O8S2/c1-27(2)35(49-29(5)55)23-42(56)54-25-32(62-40-22-37(38-26-63-45(51-38)48-28(3)4)50-36-20-31(61-6)17-18-33(36)40)21-39(54)43(57)52-46-24-30(46)14-10-8-7-9-13-19-47-34-15-11-12-16-41(34)64(59,60)53-44(46)58/h10-12,14-18,20,22,26-28,30,32,35,39,47H,7-9,13,19,21,23-25H2,1-6H3,(H,48,51)(H,49,55)(H,52,57)(H,53,58)/b14-10-/t30-,32-,35-,39+,46-/m1/s1. The fourth-order valence-corrected chi connectivity index (χ4v) is 10.4. The monoisotopic (exact) mass is 914 g/mol. The maximum Gasteiger partial charge on any atom is 0.266 e. The minimum atomic E-state index is -4.37. The minimum absolute atomic E-state index is 0.0109. The van der Waals surface area contributed by atoms with Crippen molar-refractivity contribution in [3.05, 3.63) is 66.1 Å². The zero-order chi connectivity index (χ0) is 45.8. The van der Waals surface area contributed by atoms with Crippen molar-refractivity contribution in [1.82, 2.24) is 30.2 Å². The zero-order valence-corrected chi connectivity index (χ0v) is 38.7. The third kappa shape index (κ3) is 10.6. The number of fused-ring (bicyclic) bond motifs is 3. The van der Waals surface area contributed by atoms with Crippen LogP contribution in [0.2, 0.25) is 0 Å². The molecule has 0 unspecified atom stereocenters. The SMILES string of the molecule is COc1ccc2c(O[C@@H]3C[C@@H](C(=O)N[C@]45C[C@H]4/C=C\CCCCCNc4ccccc4S(=O)(=O)NC5=O)N(C(=O)C[C@@H](NC(C)=O)C(C)C)C3)cc(-c3csc(NC(C)C)n3)nc2c1. The molecule has 64 heavy (non-hydrogen) atoms. The number of rotatable bonds is 12. The number of pyridine rings is 1. The zero-order valence-electron chi connectivity index (χ0n) is 37.1. The molecule has 2 aliphatic heterocycles. The normalized spacial score (nSPS) is 23.0. The van der Waals surface area contributed by atoms with Crippen molar-refractivity contribution < 1.29 is 37.1 Å². The van der Waals surface area contributed by atoms with E-state index in [1.165, 1.54) is 29.2 Å². The molecule has 5 N–H and O–H groups in total. The maximum atomic E-state index is 14.8. The van der Waals surface area contributed by atoms with Crippen molar-refractivity contribution in [1.29, 1.82) is 0 Å². The fourth-order valence-electron chi connectivity index (χ4n) is 8.29. The van der Waals surface area contributed by atoms with E-state index in [0.29, 0.717) is 46.0 Å². The van der Waals surface area contributed by atoms with Crippen LogP contribution in [0.3, 0.4) is 0 Å². The molecule has 342 valence electrons. The summed E-state index contributed by atoms with van der Waals surface area (Å²) >= 11 is 1.45. The highest BCUT2D eigenvalue weighted by Gasteiger charge is 2.61. The van der Waals surface area contributed by atoms with E-state index in [0.717, 1.165) is 30.8 Å². The van der Waals surface area contributed by atoms with Crippen molar-refractivity contribution in [3.8, 4) is 22.9 Å². The van der Waals surface area contributed by atoms with E-state index in [1.807, 2.05) is 51.3 Å². The molecule has 4 heterocycles. The molecule has 3 aliphatic rings. The van der Waals surface area contributed by atoms with Crippen molar-refractivity contribution in [2.75, 3.05) is 30.8 Å². The number of nitrogens with one attached hydrogen (secondary N) is 5. The summed E-state index contributed by atoms with van der Waals surface area (Å²) in [6.07, 6.45) is 6.66. The Morgan fingerprint density at radius 1 is 1.03 bits per heavy atom. The Morgan fingerprint density at radius 3 is 2.58 bits per heavy atom. The van der Waals surface area contributed by atoms with Crippen LogP contribution in [0.1, 0.15) is 79.6 Å². The Balaban J connectivity index is 1.21. The van der Waals surface area contributed by atoms with Gasteiger partial charge in [-0.2, -0.15) is 0 Å². The summed E-state index contributed by atoms with van der Waals surface area (Å²) in [6.45, 7) is 9.82. The first-order valence-corrected chi connectivity index (χ1v) is 24.3. The Hall–Kier alpha value is -5.75. The second-order valence-corrected chi connectivity index (χ2v) is 19.9. The molecule has 0 bridgehead atoms. The smallest absolute Gasteiger partial charge is 0.266 e. The largest absolute Gasteiger partial charge is 0.497 e. The van der Waals surface area contributed by atoms with Crippen LogP contribution in [0.5, 0.6) is 11.5 Å². The number of sulfonamides is 1. The number of allylic oxidation sites excluding steroid dienone is 1. The Labute approximate surface area is 378 Å². The lowest BCUT2D eigenvalue weighted by Gasteiger charge is -2.29. The Bertz CT molecular complexity index is 2530. The van der Waals surface area contributed by atoms with E-state index >= 15 is 0 Å². The first-order valence-electron chi connectivity index (χ1n) is 21.9. The molecule has 7 rings (SSSR count). The van der Waals surface area contributed by atoms with Gasteiger partial charge in [0, 0.05) is 67.2 Å². The number of anilines is 2. The van der Waals surface area contributed by atoms with E-state index in [1.54, 1.807) is 43.5 Å². The van der Waals surface area contributed by atoms with Gasteiger partial charge in [-0.25, -0.2) is 23.1 Å². The molecule has 1 saturated carbocycles. The second-order valence-electron chi connectivity index (χ2n) is 17.4. The van der Waals surface area contributed by atoms with Gasteiger partial charge < -0.3 is 35.6 Å². The van der Waals surface area contributed by atoms with Crippen LogP contribution in [0.15, 0.2) is 71.0 Å². The molecule has 2 aromatic heterocycles. The highest BCUT2D eigenvalue weighted by molar-refractivity contribution is 7.90. The summed E-state index contributed by atoms with van der Waals surface area (Å²) in [4.78, 5) is 66.6. The highest BCUT2D eigenvalue weighted by atomic mass is 32.2. The minimum Gasteiger partial charge on any atom is -0.497 e. The van der Waals surface area contributed by atoms with E-state index < -0.39 is 51.5 Å². The molecule has 5 atom stereocenters. The average molecular weight is 915 g/mol. The van der Waals surface area contributed by atoms with E-state index in [9.17, 15) is 27.6 Å². The van der Waals surface area contributed by atoms with Gasteiger partial charge in [0.05, 0.1) is 30.6 Å². The highest BCUT2D eigenvalue weighted by Crippen LogP contribution is 2.46. The quantitative estimate of drug-likeness (QED) is 0.104. The number of hydrogen-bond acceptors (Lipinski definition) is 13. The predicted molar refractivity (Wildman–Crippen MR) is 247 cm³/mol. The van der Waals surface area contributed by atoms with Crippen LogP contribution in [-0.4, -0.2) is 96.9 Å². The summed E-state index contributed by atoms with van der Waals surface area (Å²) in [7, 11) is -2.80. The van der Waals surface area contributed by atoms with Gasteiger partial charge in [-0.15, -0.1) is 11.3 Å². The number of ether oxygens (including phenoxy) is 2. The number of nitrogens with zero attached hydrogens (tertiary/aromatic N) is 3. The number of methoxy groups -OCH3 is 1. The molecule has 1 aliphatic carbocycles. The lowest BCUT2D eigenvalue weighted by Crippen LogP contribution is -2.56. The number of benzene rings is 2. The molecule has 16 nitrogen and oxygen atoms in total. The van der Waals surface area contributed by atoms with Gasteiger partial charge in [-0.05, 0) is 69.7 Å². The summed E-state index contributed by atoms with van der Waals surface area (Å²) in [5, 5.41) is 15.7. The number of aromatic nitrogens is 2. The average Bonchev–Trinajstić information content (AvgIpc) is 3.51. The van der Waals surface area contributed by atoms with Gasteiger partial charge in [-0.1, -0.05) is 44.6 Å². The van der Waals surface area contributed by atoms with E-state index in [2.05, 4.69) is 26.0 Å². The molecule has 2 aromatic carbocycles. The number of hydrogen-bond donors (Lipinski definition) is 5. The summed E-state index contributed by atoms with van der Waals surface area (Å²) in [5.41, 5.74) is 0.546. The van der Waals surface area contributed by atoms with E-state index in [-0.39, 0.29) is 54.5 Å². The van der Waals surface area contributed by atoms with Gasteiger partial charge in [0.1, 0.15) is 39.8 Å². The van der Waals surface area contributed by atoms with Crippen LogP contribution in [0.4, 0.5) is 10.8 Å². The second kappa shape index (κ2) is 19.6. The molecule has 2 fully saturated rings. The topological polar surface area (TPSA) is 210 Å². The molecule has 1 saturated heterocycles. The Morgan fingerprint density at radius 2 is 1.83 bits per heavy atom.